The van der Waals surface area contributed by atoms with Crippen molar-refractivity contribution in [3.63, 3.8) is 0 Å². The van der Waals surface area contributed by atoms with Gasteiger partial charge in [0.2, 0.25) is 0 Å². The van der Waals surface area contributed by atoms with Crippen LogP contribution in [0.5, 0.6) is 0 Å². The van der Waals surface area contributed by atoms with E-state index in [0.717, 1.165) is 28.7 Å². The minimum Gasteiger partial charge on any atom is -0.469 e. The average Bonchev–Trinajstić information content (AvgIpc) is 2.57. The zero-order valence-corrected chi connectivity index (χ0v) is 14.9. The van der Waals surface area contributed by atoms with Gasteiger partial charge in [-0.2, -0.15) is 0 Å². The highest BCUT2D eigenvalue weighted by molar-refractivity contribution is 6.32. The Labute approximate surface area is 142 Å². The van der Waals surface area contributed by atoms with Gasteiger partial charge in [0.15, 0.2) is 0 Å². The number of hydrogen-bond donors (Lipinski definition) is 0. The highest BCUT2D eigenvalue weighted by Crippen LogP contribution is 2.27. The molecular weight excluding hydrogens is 312 g/mol. The Balaban J connectivity index is 2.25. The van der Waals surface area contributed by atoms with Gasteiger partial charge in [0, 0.05) is 18.5 Å². The van der Waals surface area contributed by atoms with Crippen molar-refractivity contribution in [1.82, 2.24) is 9.88 Å². The van der Waals surface area contributed by atoms with Gasteiger partial charge in [-0.05, 0) is 25.1 Å². The number of esters is 1. The number of benzene rings is 1. The fourth-order valence-corrected chi connectivity index (χ4v) is 2.91. The maximum atomic E-state index is 11.6. The molecule has 0 radical (unpaired) electrons. The first-order valence-electron chi connectivity index (χ1n) is 7.81. The first-order chi connectivity index (χ1) is 11.0. The molecule has 0 bridgehead atoms. The standard InChI is InChI=1S/C18H23ClN2O2/c1-5-21(10-12(2)18(22)23-4)11-16-17(19)13(3)14-8-6-7-9-15(14)20-16/h6-9,12H,5,10-11H2,1-4H3. The molecule has 0 aliphatic carbocycles. The van der Waals surface area contributed by atoms with E-state index < -0.39 is 0 Å². The van der Waals surface area contributed by atoms with E-state index in [2.05, 4.69) is 11.8 Å². The number of carbonyl (C=O) groups excluding carboxylic acids is 1. The minimum atomic E-state index is -0.197. The Morgan fingerprint density at radius 2 is 2.09 bits per heavy atom. The Bertz CT molecular complexity index is 703. The molecule has 1 atom stereocenters. The second-order valence-corrected chi connectivity index (χ2v) is 6.14. The predicted octanol–water partition coefficient (Wildman–Crippen LogP) is 3.83. The third-order valence-electron chi connectivity index (χ3n) is 4.10. The topological polar surface area (TPSA) is 42.4 Å². The number of carbonyl (C=O) groups is 1. The zero-order valence-electron chi connectivity index (χ0n) is 14.1. The van der Waals surface area contributed by atoms with Crippen LogP contribution in [0, 0.1) is 12.8 Å². The van der Waals surface area contributed by atoms with E-state index >= 15 is 0 Å². The van der Waals surface area contributed by atoms with Crippen molar-refractivity contribution in [3.8, 4) is 0 Å². The summed E-state index contributed by atoms with van der Waals surface area (Å²) >= 11 is 6.52. The highest BCUT2D eigenvalue weighted by atomic mass is 35.5. The van der Waals surface area contributed by atoms with Gasteiger partial charge in [-0.3, -0.25) is 9.69 Å². The molecule has 124 valence electrons. The number of methoxy groups -OCH3 is 1. The molecule has 1 unspecified atom stereocenters. The zero-order chi connectivity index (χ0) is 17.0. The van der Waals surface area contributed by atoms with Gasteiger partial charge < -0.3 is 4.74 Å². The normalized spacial score (nSPS) is 12.6. The highest BCUT2D eigenvalue weighted by Gasteiger charge is 2.19. The van der Waals surface area contributed by atoms with Crippen LogP contribution in [0.2, 0.25) is 5.02 Å². The average molecular weight is 335 g/mol. The van der Waals surface area contributed by atoms with Gasteiger partial charge in [-0.1, -0.05) is 43.6 Å². The number of ether oxygens (including phenoxy) is 1. The largest absolute Gasteiger partial charge is 0.469 e. The first-order valence-corrected chi connectivity index (χ1v) is 8.19. The van der Waals surface area contributed by atoms with Crippen LogP contribution in [-0.4, -0.2) is 36.1 Å². The number of para-hydroxylation sites is 1. The Morgan fingerprint density at radius 3 is 2.74 bits per heavy atom. The molecule has 0 aliphatic rings. The molecule has 23 heavy (non-hydrogen) atoms. The lowest BCUT2D eigenvalue weighted by Gasteiger charge is -2.23. The van der Waals surface area contributed by atoms with Crippen molar-refractivity contribution < 1.29 is 9.53 Å². The van der Waals surface area contributed by atoms with Crippen LogP contribution in [0.25, 0.3) is 10.9 Å². The molecule has 0 saturated heterocycles. The number of hydrogen-bond acceptors (Lipinski definition) is 4. The van der Waals surface area contributed by atoms with Crippen LogP contribution in [0.15, 0.2) is 24.3 Å². The molecule has 5 heteroatoms. The molecule has 1 aromatic heterocycles. The Hall–Kier alpha value is -1.65. The van der Waals surface area contributed by atoms with E-state index in [-0.39, 0.29) is 11.9 Å². The summed E-state index contributed by atoms with van der Waals surface area (Å²) in [5, 5.41) is 1.78. The van der Waals surface area contributed by atoms with Crippen LogP contribution in [-0.2, 0) is 16.1 Å². The van der Waals surface area contributed by atoms with Crippen molar-refractivity contribution in [3.05, 3.63) is 40.5 Å². The molecule has 1 aromatic carbocycles. The molecule has 0 saturated carbocycles. The SMILES string of the molecule is CCN(Cc1nc2ccccc2c(C)c1Cl)CC(C)C(=O)OC. The van der Waals surface area contributed by atoms with E-state index in [1.165, 1.54) is 7.11 Å². The fourth-order valence-electron chi connectivity index (χ4n) is 2.70. The summed E-state index contributed by atoms with van der Waals surface area (Å²) in [5.74, 6) is -0.377. The number of halogens is 1. The lowest BCUT2D eigenvalue weighted by Crippen LogP contribution is -2.32. The van der Waals surface area contributed by atoms with E-state index in [1.54, 1.807) is 0 Å². The van der Waals surface area contributed by atoms with Gasteiger partial charge in [0.25, 0.3) is 0 Å². The number of nitrogens with zero attached hydrogens (tertiary/aromatic N) is 2. The summed E-state index contributed by atoms with van der Waals surface area (Å²) in [6.07, 6.45) is 0. The monoisotopic (exact) mass is 334 g/mol. The van der Waals surface area contributed by atoms with Crippen LogP contribution in [0.4, 0.5) is 0 Å². The second kappa shape index (κ2) is 7.75. The van der Waals surface area contributed by atoms with E-state index in [4.69, 9.17) is 21.3 Å². The number of fused-ring (bicyclic) bond motifs is 1. The van der Waals surface area contributed by atoms with Crippen molar-refractivity contribution in [2.75, 3.05) is 20.2 Å². The molecule has 0 N–H and O–H groups in total. The van der Waals surface area contributed by atoms with Gasteiger partial charge >= 0.3 is 5.97 Å². The molecule has 0 fully saturated rings. The summed E-state index contributed by atoms with van der Waals surface area (Å²) < 4.78 is 4.80. The fraction of sp³-hybridized carbons (Fsp3) is 0.444. The van der Waals surface area contributed by atoms with Crippen molar-refractivity contribution in [2.24, 2.45) is 5.92 Å². The quantitative estimate of drug-likeness (QED) is 0.753. The lowest BCUT2D eigenvalue weighted by atomic mass is 10.1. The van der Waals surface area contributed by atoms with E-state index in [1.807, 2.05) is 38.1 Å². The summed E-state index contributed by atoms with van der Waals surface area (Å²) in [6.45, 7) is 7.99. The number of aryl methyl sites for hydroxylation is 1. The number of aromatic nitrogens is 1. The summed E-state index contributed by atoms with van der Waals surface area (Å²) in [7, 11) is 1.42. The van der Waals surface area contributed by atoms with Crippen molar-refractivity contribution in [1.29, 1.82) is 0 Å². The van der Waals surface area contributed by atoms with Crippen LogP contribution in [0.3, 0.4) is 0 Å². The predicted molar refractivity (Wildman–Crippen MR) is 93.6 cm³/mol. The molecule has 1 heterocycles. The smallest absolute Gasteiger partial charge is 0.309 e. The Morgan fingerprint density at radius 1 is 1.39 bits per heavy atom. The van der Waals surface area contributed by atoms with E-state index in [0.29, 0.717) is 18.1 Å². The maximum Gasteiger partial charge on any atom is 0.309 e. The van der Waals surface area contributed by atoms with Gasteiger partial charge in [0.1, 0.15) is 0 Å². The van der Waals surface area contributed by atoms with Gasteiger partial charge in [-0.25, -0.2) is 4.98 Å². The van der Waals surface area contributed by atoms with Crippen LogP contribution in [0.1, 0.15) is 25.1 Å². The summed E-state index contributed by atoms with van der Waals surface area (Å²) in [5.41, 5.74) is 2.84. The Kier molecular flexibility index (Phi) is 5.97. The van der Waals surface area contributed by atoms with Crippen LogP contribution < -0.4 is 0 Å². The van der Waals surface area contributed by atoms with Gasteiger partial charge in [0.05, 0.1) is 29.3 Å². The molecule has 4 nitrogen and oxygen atoms in total. The molecule has 0 spiro atoms. The molecule has 2 aromatic rings. The number of rotatable bonds is 6. The second-order valence-electron chi connectivity index (χ2n) is 5.77. The lowest BCUT2D eigenvalue weighted by molar-refractivity contribution is -0.145. The maximum absolute atomic E-state index is 11.6. The number of pyridine rings is 1. The molecule has 2 rings (SSSR count). The van der Waals surface area contributed by atoms with Crippen molar-refractivity contribution in [2.45, 2.75) is 27.3 Å². The van der Waals surface area contributed by atoms with Crippen molar-refractivity contribution >= 4 is 28.5 Å². The third kappa shape index (κ3) is 4.01. The molecule has 0 amide bonds. The summed E-state index contributed by atoms with van der Waals surface area (Å²) in [6, 6.07) is 7.99. The first kappa shape index (κ1) is 17.7. The summed E-state index contributed by atoms with van der Waals surface area (Å²) in [4.78, 5) is 18.5. The third-order valence-corrected chi connectivity index (χ3v) is 4.60. The minimum absolute atomic E-state index is 0.180. The van der Waals surface area contributed by atoms with Crippen LogP contribution >= 0.6 is 11.6 Å². The molecular formula is C18H23ClN2O2. The van der Waals surface area contributed by atoms with E-state index in [9.17, 15) is 4.79 Å². The van der Waals surface area contributed by atoms with Gasteiger partial charge in [-0.15, -0.1) is 0 Å². The molecule has 0 aliphatic heterocycles.